The van der Waals surface area contributed by atoms with Gasteiger partial charge >= 0.3 is 0 Å². The van der Waals surface area contributed by atoms with Gasteiger partial charge in [-0.25, -0.2) is 0 Å². The minimum Gasteiger partial charge on any atom is -0.494 e. The quantitative estimate of drug-likeness (QED) is 0.740. The summed E-state index contributed by atoms with van der Waals surface area (Å²) in [6, 6.07) is 18.0. The van der Waals surface area contributed by atoms with Gasteiger partial charge in [-0.1, -0.05) is 42.5 Å². The molecule has 5 heteroatoms. The maximum atomic E-state index is 5.51. The maximum Gasteiger partial charge on any atom is 0.203 e. The van der Waals surface area contributed by atoms with E-state index < -0.39 is 0 Å². The zero-order valence-electron chi connectivity index (χ0n) is 12.3. The molecule has 1 aromatic heterocycles. The third-order valence-electron chi connectivity index (χ3n) is 3.11. The first-order chi connectivity index (χ1) is 10.8. The van der Waals surface area contributed by atoms with E-state index in [1.54, 1.807) is 0 Å². The highest BCUT2D eigenvalue weighted by Gasteiger charge is 2.06. The molecule has 0 atom stereocenters. The smallest absolute Gasteiger partial charge is 0.203 e. The molecule has 0 radical (unpaired) electrons. The highest BCUT2D eigenvalue weighted by atomic mass is 32.1. The molecule has 0 unspecified atom stereocenters. The summed E-state index contributed by atoms with van der Waals surface area (Å²) >= 11 is 1.37. The van der Waals surface area contributed by atoms with E-state index in [9.17, 15) is 0 Å². The van der Waals surface area contributed by atoms with Gasteiger partial charge in [0.1, 0.15) is 5.75 Å². The monoisotopic (exact) mass is 311 g/mol. The van der Waals surface area contributed by atoms with Crippen LogP contribution in [0.5, 0.6) is 5.75 Å². The summed E-state index contributed by atoms with van der Waals surface area (Å²) in [5.74, 6) is 1.65. The number of nitrogens with one attached hydrogen (secondary N) is 1. The normalized spacial score (nSPS) is 10.4. The number of ether oxygens (including phenoxy) is 1. The third-order valence-corrected chi connectivity index (χ3v) is 3.78. The van der Waals surface area contributed by atoms with Crippen molar-refractivity contribution in [1.29, 1.82) is 0 Å². The number of aromatic nitrogens is 2. The van der Waals surface area contributed by atoms with Crippen LogP contribution in [0.1, 0.15) is 12.5 Å². The van der Waals surface area contributed by atoms with Crippen molar-refractivity contribution in [3.8, 4) is 17.1 Å². The zero-order valence-corrected chi connectivity index (χ0v) is 13.1. The lowest BCUT2D eigenvalue weighted by atomic mass is 10.2. The molecule has 0 spiro atoms. The Hall–Kier alpha value is -2.40. The van der Waals surface area contributed by atoms with Crippen molar-refractivity contribution in [2.24, 2.45) is 0 Å². The molecule has 0 aliphatic rings. The number of hydrogen-bond acceptors (Lipinski definition) is 5. The highest BCUT2D eigenvalue weighted by molar-refractivity contribution is 7.09. The molecule has 0 aliphatic carbocycles. The van der Waals surface area contributed by atoms with Crippen LogP contribution in [0, 0.1) is 0 Å². The van der Waals surface area contributed by atoms with Crippen LogP contribution in [0.3, 0.4) is 0 Å². The predicted octanol–water partition coefficient (Wildman–Crippen LogP) is 4.22. The van der Waals surface area contributed by atoms with Crippen molar-refractivity contribution in [1.82, 2.24) is 9.36 Å². The van der Waals surface area contributed by atoms with Crippen LogP contribution in [0.25, 0.3) is 11.4 Å². The molecule has 0 fully saturated rings. The summed E-state index contributed by atoms with van der Waals surface area (Å²) in [4.78, 5) is 4.52. The van der Waals surface area contributed by atoms with Gasteiger partial charge in [0.2, 0.25) is 5.13 Å². The number of hydrogen-bond donors (Lipinski definition) is 1. The zero-order chi connectivity index (χ0) is 15.2. The Morgan fingerprint density at radius 1 is 1.09 bits per heavy atom. The standard InChI is InChI=1S/C17H17N3OS/c1-2-21-15-10-6-7-13(11-15)12-18-17-19-16(20-22-17)14-8-4-3-5-9-14/h3-11H,2,12H2,1H3,(H,18,19,20). The summed E-state index contributed by atoms with van der Waals surface area (Å²) in [6.07, 6.45) is 0. The van der Waals surface area contributed by atoms with Crippen LogP contribution in [0.4, 0.5) is 5.13 Å². The van der Waals surface area contributed by atoms with Crippen LogP contribution in [-0.2, 0) is 6.54 Å². The Morgan fingerprint density at radius 2 is 1.95 bits per heavy atom. The second-order valence-electron chi connectivity index (χ2n) is 4.72. The Bertz CT molecular complexity index is 728. The van der Waals surface area contributed by atoms with E-state index in [1.807, 2.05) is 55.5 Å². The van der Waals surface area contributed by atoms with Crippen molar-refractivity contribution in [3.05, 3.63) is 60.2 Å². The molecule has 2 aromatic carbocycles. The number of benzene rings is 2. The molecule has 0 bridgehead atoms. The molecular weight excluding hydrogens is 294 g/mol. The van der Waals surface area contributed by atoms with E-state index in [0.717, 1.165) is 27.8 Å². The lowest BCUT2D eigenvalue weighted by Crippen LogP contribution is -2.00. The molecule has 0 aliphatic heterocycles. The topological polar surface area (TPSA) is 47.0 Å². The van der Waals surface area contributed by atoms with Gasteiger partial charge in [0, 0.05) is 23.6 Å². The molecular formula is C17H17N3OS. The average Bonchev–Trinajstić information content (AvgIpc) is 3.04. The van der Waals surface area contributed by atoms with Gasteiger partial charge in [-0.3, -0.25) is 0 Å². The largest absolute Gasteiger partial charge is 0.494 e. The summed E-state index contributed by atoms with van der Waals surface area (Å²) in [7, 11) is 0. The summed E-state index contributed by atoms with van der Waals surface area (Å²) in [5, 5.41) is 4.13. The first kappa shape index (κ1) is 14.5. The summed E-state index contributed by atoms with van der Waals surface area (Å²) < 4.78 is 9.90. The number of rotatable bonds is 6. The van der Waals surface area contributed by atoms with Crippen molar-refractivity contribution in [3.63, 3.8) is 0 Å². The van der Waals surface area contributed by atoms with Crippen molar-refractivity contribution in [2.45, 2.75) is 13.5 Å². The van der Waals surface area contributed by atoms with E-state index in [4.69, 9.17) is 4.74 Å². The van der Waals surface area contributed by atoms with Gasteiger partial charge in [0.25, 0.3) is 0 Å². The molecule has 0 saturated carbocycles. The minimum absolute atomic E-state index is 0.674. The first-order valence-electron chi connectivity index (χ1n) is 7.20. The van der Waals surface area contributed by atoms with Crippen LogP contribution in [-0.4, -0.2) is 16.0 Å². The van der Waals surface area contributed by atoms with Crippen molar-refractivity contribution < 1.29 is 4.74 Å². The van der Waals surface area contributed by atoms with Crippen LogP contribution in [0.15, 0.2) is 54.6 Å². The fourth-order valence-electron chi connectivity index (χ4n) is 2.09. The molecule has 0 saturated heterocycles. The van der Waals surface area contributed by atoms with Gasteiger partial charge in [0.15, 0.2) is 5.82 Å². The van der Waals surface area contributed by atoms with E-state index in [-0.39, 0.29) is 0 Å². The summed E-state index contributed by atoms with van der Waals surface area (Å²) in [5.41, 5.74) is 2.19. The summed E-state index contributed by atoms with van der Waals surface area (Å²) in [6.45, 7) is 3.36. The maximum absolute atomic E-state index is 5.51. The van der Waals surface area contributed by atoms with Crippen molar-refractivity contribution in [2.75, 3.05) is 11.9 Å². The Labute approximate surface area is 134 Å². The van der Waals surface area contributed by atoms with Crippen LogP contribution < -0.4 is 10.1 Å². The Morgan fingerprint density at radius 3 is 2.77 bits per heavy atom. The lowest BCUT2D eigenvalue weighted by Gasteiger charge is -2.06. The van der Waals surface area contributed by atoms with Gasteiger partial charge in [-0.2, -0.15) is 9.36 Å². The molecule has 4 nitrogen and oxygen atoms in total. The number of anilines is 1. The van der Waals surface area contributed by atoms with Crippen molar-refractivity contribution >= 4 is 16.7 Å². The molecule has 3 rings (SSSR count). The van der Waals surface area contributed by atoms with Gasteiger partial charge < -0.3 is 10.1 Å². The number of nitrogens with zero attached hydrogens (tertiary/aromatic N) is 2. The first-order valence-corrected chi connectivity index (χ1v) is 7.97. The van der Waals surface area contributed by atoms with E-state index in [1.165, 1.54) is 11.5 Å². The fourth-order valence-corrected chi connectivity index (χ4v) is 2.67. The average molecular weight is 311 g/mol. The Balaban J connectivity index is 1.65. The molecule has 3 aromatic rings. The second kappa shape index (κ2) is 7.04. The minimum atomic E-state index is 0.674. The fraction of sp³-hybridized carbons (Fsp3) is 0.176. The van der Waals surface area contributed by atoms with E-state index in [0.29, 0.717) is 13.2 Å². The van der Waals surface area contributed by atoms with Gasteiger partial charge in [-0.05, 0) is 24.6 Å². The molecule has 1 heterocycles. The van der Waals surface area contributed by atoms with E-state index >= 15 is 0 Å². The SMILES string of the molecule is CCOc1cccc(CNc2nc(-c3ccccc3)ns2)c1. The molecule has 0 amide bonds. The van der Waals surface area contributed by atoms with E-state index in [2.05, 4.69) is 20.7 Å². The van der Waals surface area contributed by atoms with Gasteiger partial charge in [0.05, 0.1) is 6.61 Å². The van der Waals surface area contributed by atoms with Crippen LogP contribution >= 0.6 is 11.5 Å². The molecule has 1 N–H and O–H groups in total. The second-order valence-corrected chi connectivity index (χ2v) is 5.47. The molecule has 112 valence electrons. The van der Waals surface area contributed by atoms with Crippen LogP contribution in [0.2, 0.25) is 0 Å². The van der Waals surface area contributed by atoms with Gasteiger partial charge in [-0.15, -0.1) is 0 Å². The third kappa shape index (κ3) is 3.62. The predicted molar refractivity (Wildman–Crippen MR) is 90.3 cm³/mol. The Kier molecular flexibility index (Phi) is 4.65. The lowest BCUT2D eigenvalue weighted by molar-refractivity contribution is 0.340. The highest BCUT2D eigenvalue weighted by Crippen LogP contribution is 2.21. The molecule has 22 heavy (non-hydrogen) atoms.